The second kappa shape index (κ2) is 14.2. The molecule has 0 spiro atoms. The summed E-state index contributed by atoms with van der Waals surface area (Å²) in [6, 6.07) is 13.6. The predicted octanol–water partition coefficient (Wildman–Crippen LogP) is 6.41. The maximum Gasteiger partial charge on any atom is 0.251 e. The van der Waals surface area contributed by atoms with Gasteiger partial charge in [-0.2, -0.15) is 0 Å². The van der Waals surface area contributed by atoms with Gasteiger partial charge in [0.05, 0.1) is 16.0 Å². The van der Waals surface area contributed by atoms with Crippen LogP contribution in [0.3, 0.4) is 0 Å². The van der Waals surface area contributed by atoms with E-state index in [9.17, 15) is 14.0 Å². The van der Waals surface area contributed by atoms with Crippen LogP contribution >= 0.6 is 23.2 Å². The Hall–Kier alpha value is -3.33. The molecule has 1 heterocycles. The van der Waals surface area contributed by atoms with Gasteiger partial charge in [-0.1, -0.05) is 41.4 Å². The molecule has 1 saturated heterocycles. The molecule has 0 bridgehead atoms. The highest BCUT2D eigenvalue weighted by atomic mass is 35.5. The minimum atomic E-state index is -0.671. The fraction of sp³-hybridized carbons (Fsp3) is 0.412. The summed E-state index contributed by atoms with van der Waals surface area (Å²) in [5, 5.41) is 7.10. The fourth-order valence-corrected chi connectivity index (χ4v) is 6.28. The molecule has 1 aliphatic carbocycles. The van der Waals surface area contributed by atoms with Crippen molar-refractivity contribution in [3.63, 3.8) is 0 Å². The van der Waals surface area contributed by atoms with Crippen molar-refractivity contribution in [3.8, 4) is 11.5 Å². The number of benzene rings is 3. The first-order valence-electron chi connectivity index (χ1n) is 15.0. The molecule has 3 aromatic rings. The number of piperidine rings is 1. The van der Waals surface area contributed by atoms with Crippen molar-refractivity contribution in [2.45, 2.75) is 58.7 Å². The third-order valence-electron chi connectivity index (χ3n) is 8.37. The van der Waals surface area contributed by atoms with Crippen LogP contribution in [0.15, 0.2) is 48.5 Å². The third kappa shape index (κ3) is 7.65. The van der Waals surface area contributed by atoms with E-state index in [4.69, 9.17) is 32.7 Å². The van der Waals surface area contributed by atoms with Gasteiger partial charge in [0.2, 0.25) is 5.91 Å². The zero-order valence-corrected chi connectivity index (χ0v) is 26.7. The largest absolute Gasteiger partial charge is 0.487 e. The molecule has 0 aromatic heterocycles. The molecule has 5 rings (SSSR count). The molecule has 2 aliphatic rings. The van der Waals surface area contributed by atoms with E-state index in [1.54, 1.807) is 12.1 Å². The van der Waals surface area contributed by atoms with Crippen LogP contribution in [0.5, 0.6) is 11.5 Å². The molecular weight excluding hydrogens is 604 g/mol. The van der Waals surface area contributed by atoms with E-state index in [2.05, 4.69) is 36.6 Å². The molecule has 44 heavy (non-hydrogen) atoms. The average molecular weight is 643 g/mol. The lowest BCUT2D eigenvalue weighted by atomic mass is 9.91. The fourth-order valence-electron chi connectivity index (χ4n) is 5.57. The van der Waals surface area contributed by atoms with E-state index in [1.165, 1.54) is 23.3 Å². The van der Waals surface area contributed by atoms with Crippen molar-refractivity contribution in [1.82, 2.24) is 15.5 Å². The lowest BCUT2D eigenvalue weighted by molar-refractivity contribution is -0.138. The number of carbonyl (C=O) groups excluding carboxylic acids is 2. The van der Waals surface area contributed by atoms with Crippen LogP contribution in [0.1, 0.15) is 51.9 Å². The van der Waals surface area contributed by atoms with E-state index in [-0.39, 0.29) is 42.5 Å². The molecule has 2 N–H and O–H groups in total. The van der Waals surface area contributed by atoms with Crippen LogP contribution in [-0.4, -0.2) is 55.1 Å². The normalized spacial score (nSPS) is 18.0. The smallest absolute Gasteiger partial charge is 0.251 e. The van der Waals surface area contributed by atoms with Gasteiger partial charge in [-0.3, -0.25) is 9.59 Å². The summed E-state index contributed by atoms with van der Waals surface area (Å²) in [6.07, 6.45) is 2.57. The van der Waals surface area contributed by atoms with Crippen molar-refractivity contribution in [2.75, 3.05) is 26.3 Å². The Kier molecular flexibility index (Phi) is 10.3. The molecule has 2 fully saturated rings. The molecule has 2 amide bonds. The van der Waals surface area contributed by atoms with Gasteiger partial charge in [-0.25, -0.2) is 4.39 Å². The number of halogens is 3. The van der Waals surface area contributed by atoms with Crippen LogP contribution in [-0.2, 0) is 11.3 Å². The van der Waals surface area contributed by atoms with Gasteiger partial charge in [-0.05, 0) is 99.2 Å². The van der Waals surface area contributed by atoms with Crippen LogP contribution in [0.25, 0.3) is 0 Å². The molecule has 234 valence electrons. The molecule has 2 atom stereocenters. The number of carbonyl (C=O) groups is 2. The monoisotopic (exact) mass is 641 g/mol. The Bertz CT molecular complexity index is 1510. The van der Waals surface area contributed by atoms with E-state index >= 15 is 0 Å². The SMILES string of the molecule is Cc1cc(Cl)c(OCCOc2ccc(C(=O)NC3CCNCC3C(=O)N(Cc3cccc(C)c3C)C3CC3)cc2F)c(Cl)c1. The summed E-state index contributed by atoms with van der Waals surface area (Å²) in [7, 11) is 0. The number of amides is 2. The van der Waals surface area contributed by atoms with E-state index in [0.29, 0.717) is 41.8 Å². The van der Waals surface area contributed by atoms with E-state index < -0.39 is 17.6 Å². The zero-order valence-electron chi connectivity index (χ0n) is 25.2. The topological polar surface area (TPSA) is 79.9 Å². The van der Waals surface area contributed by atoms with Crippen molar-refractivity contribution in [3.05, 3.63) is 92.2 Å². The lowest BCUT2D eigenvalue weighted by Crippen LogP contribution is -2.55. The Morgan fingerprint density at radius 2 is 1.73 bits per heavy atom. The van der Waals surface area contributed by atoms with Crippen molar-refractivity contribution in [1.29, 1.82) is 0 Å². The van der Waals surface area contributed by atoms with Gasteiger partial charge in [0, 0.05) is 30.7 Å². The summed E-state index contributed by atoms with van der Waals surface area (Å²) in [5.41, 5.74) is 4.60. The Morgan fingerprint density at radius 3 is 2.43 bits per heavy atom. The summed E-state index contributed by atoms with van der Waals surface area (Å²) < 4.78 is 26.1. The van der Waals surface area contributed by atoms with Crippen LogP contribution in [0, 0.1) is 32.5 Å². The summed E-state index contributed by atoms with van der Waals surface area (Å²) in [4.78, 5) is 29.1. The highest BCUT2D eigenvalue weighted by Crippen LogP contribution is 2.34. The van der Waals surface area contributed by atoms with Crippen LogP contribution in [0.4, 0.5) is 4.39 Å². The van der Waals surface area contributed by atoms with Gasteiger partial charge in [-0.15, -0.1) is 0 Å². The van der Waals surface area contributed by atoms with Crippen molar-refractivity contribution >= 4 is 35.0 Å². The maximum atomic E-state index is 14.9. The Balaban J connectivity index is 1.19. The zero-order chi connectivity index (χ0) is 31.4. The number of ether oxygens (including phenoxy) is 2. The first-order chi connectivity index (χ1) is 21.1. The molecule has 1 saturated carbocycles. The number of aryl methyl sites for hydroxylation is 2. The number of hydrogen-bond donors (Lipinski definition) is 2. The molecule has 3 aromatic carbocycles. The second-order valence-corrected chi connectivity index (χ2v) is 12.4. The highest BCUT2D eigenvalue weighted by molar-refractivity contribution is 6.37. The summed E-state index contributed by atoms with van der Waals surface area (Å²) in [5.74, 6) is -1.14. The predicted molar refractivity (Wildman–Crippen MR) is 170 cm³/mol. The van der Waals surface area contributed by atoms with Gasteiger partial charge < -0.3 is 25.0 Å². The van der Waals surface area contributed by atoms with Crippen LogP contribution < -0.4 is 20.1 Å². The highest BCUT2D eigenvalue weighted by Gasteiger charge is 2.40. The number of nitrogens with zero attached hydrogens (tertiary/aromatic N) is 1. The Morgan fingerprint density at radius 1 is 1.00 bits per heavy atom. The van der Waals surface area contributed by atoms with E-state index in [0.717, 1.165) is 30.0 Å². The minimum absolute atomic E-state index is 0.00677. The molecule has 0 radical (unpaired) electrons. The molecular formula is C34H38Cl2FN3O4. The minimum Gasteiger partial charge on any atom is -0.487 e. The van der Waals surface area contributed by atoms with Gasteiger partial charge in [0.15, 0.2) is 17.3 Å². The van der Waals surface area contributed by atoms with Crippen molar-refractivity contribution in [2.24, 2.45) is 5.92 Å². The molecule has 7 nitrogen and oxygen atoms in total. The van der Waals surface area contributed by atoms with Crippen molar-refractivity contribution < 1.29 is 23.5 Å². The number of hydrogen-bond acceptors (Lipinski definition) is 5. The van der Waals surface area contributed by atoms with Gasteiger partial charge >= 0.3 is 0 Å². The van der Waals surface area contributed by atoms with Gasteiger partial charge in [0.25, 0.3) is 5.91 Å². The lowest BCUT2D eigenvalue weighted by Gasteiger charge is -2.36. The molecule has 2 unspecified atom stereocenters. The first-order valence-corrected chi connectivity index (χ1v) is 15.8. The third-order valence-corrected chi connectivity index (χ3v) is 8.93. The van der Waals surface area contributed by atoms with Crippen LogP contribution in [0.2, 0.25) is 10.0 Å². The Labute approximate surface area is 268 Å². The van der Waals surface area contributed by atoms with E-state index in [1.807, 2.05) is 17.9 Å². The molecule has 1 aliphatic heterocycles. The quantitative estimate of drug-likeness (QED) is 0.236. The summed E-state index contributed by atoms with van der Waals surface area (Å²) in [6.45, 7) is 7.88. The number of nitrogens with one attached hydrogen (secondary N) is 2. The number of rotatable bonds is 11. The summed E-state index contributed by atoms with van der Waals surface area (Å²) >= 11 is 12.4. The first kappa shape index (κ1) is 32.1. The standard InChI is InChI=1S/C34H38Cl2FN3O4/c1-20-15-27(35)32(28(36)16-20)44-14-13-43-31-10-7-23(17-29(31)37)33(41)39-30-11-12-38-18-26(30)34(42)40(25-8-9-25)19-24-6-4-5-21(2)22(24)3/h4-7,10,15-17,25-26,30,38H,8-9,11-14,18-19H2,1-3H3,(H,39,41). The maximum absolute atomic E-state index is 14.9. The second-order valence-electron chi connectivity index (χ2n) is 11.6. The molecule has 10 heteroatoms. The average Bonchev–Trinajstić information content (AvgIpc) is 3.83. The van der Waals surface area contributed by atoms with Gasteiger partial charge in [0.1, 0.15) is 13.2 Å².